The highest BCUT2D eigenvalue weighted by Gasteiger charge is 2.28. The van der Waals surface area contributed by atoms with E-state index in [-0.39, 0.29) is 5.60 Å². The first-order valence-corrected chi connectivity index (χ1v) is 5.92. The van der Waals surface area contributed by atoms with Crippen molar-refractivity contribution in [3.8, 4) is 0 Å². The van der Waals surface area contributed by atoms with Gasteiger partial charge < -0.3 is 10.1 Å². The van der Waals surface area contributed by atoms with Crippen molar-refractivity contribution < 1.29 is 4.74 Å². The van der Waals surface area contributed by atoms with Gasteiger partial charge in [-0.3, -0.25) is 4.98 Å². The summed E-state index contributed by atoms with van der Waals surface area (Å²) in [6.07, 6.45) is 5.86. The smallest absolute Gasteiger partial charge is 0.0641 e. The lowest BCUT2D eigenvalue weighted by Gasteiger charge is -2.36. The Morgan fingerprint density at radius 3 is 2.88 bits per heavy atom. The van der Waals surface area contributed by atoms with Crippen LogP contribution in [0.25, 0.3) is 0 Å². The molecule has 2 rings (SSSR count). The minimum absolute atomic E-state index is 0.0220. The molecule has 1 N–H and O–H groups in total. The van der Waals surface area contributed by atoms with Gasteiger partial charge in [0, 0.05) is 31.6 Å². The second-order valence-corrected chi connectivity index (χ2v) is 5.03. The van der Waals surface area contributed by atoms with E-state index in [2.05, 4.69) is 36.3 Å². The number of ether oxygens (including phenoxy) is 1. The van der Waals surface area contributed by atoms with Gasteiger partial charge >= 0.3 is 0 Å². The second kappa shape index (κ2) is 4.93. The zero-order valence-electron chi connectivity index (χ0n) is 10.1. The van der Waals surface area contributed by atoms with Crippen molar-refractivity contribution in [2.75, 3.05) is 6.61 Å². The van der Waals surface area contributed by atoms with Crippen molar-refractivity contribution in [2.45, 2.75) is 44.9 Å². The molecule has 0 aromatic carbocycles. The molecule has 3 heteroatoms. The number of hydrogen-bond donors (Lipinski definition) is 1. The molecule has 1 aliphatic rings. The van der Waals surface area contributed by atoms with Crippen LogP contribution in [0, 0.1) is 0 Å². The molecule has 1 fully saturated rings. The number of pyridine rings is 1. The number of rotatable bonds is 3. The molecule has 0 amide bonds. The Labute approximate surface area is 97.2 Å². The van der Waals surface area contributed by atoms with Gasteiger partial charge in [0.1, 0.15) is 0 Å². The Bertz CT molecular complexity index is 324. The van der Waals surface area contributed by atoms with E-state index in [0.717, 1.165) is 26.0 Å². The van der Waals surface area contributed by atoms with Crippen LogP contribution in [0.5, 0.6) is 0 Å². The summed E-state index contributed by atoms with van der Waals surface area (Å²) in [5.41, 5.74) is 1.31. The van der Waals surface area contributed by atoms with E-state index in [9.17, 15) is 0 Å². The van der Waals surface area contributed by atoms with E-state index < -0.39 is 0 Å². The first-order chi connectivity index (χ1) is 7.66. The SMILES string of the molecule is CC1(C)CC(NCc2ccncc2)CCO1. The molecule has 2 heterocycles. The molecule has 0 spiro atoms. The van der Waals surface area contributed by atoms with Gasteiger partial charge in [-0.05, 0) is 44.4 Å². The summed E-state index contributed by atoms with van der Waals surface area (Å²) in [4.78, 5) is 4.02. The standard InChI is InChI=1S/C13H20N2O/c1-13(2)9-12(5-8-16-13)15-10-11-3-6-14-7-4-11/h3-4,6-7,12,15H,5,8-10H2,1-2H3. The van der Waals surface area contributed by atoms with E-state index in [4.69, 9.17) is 4.74 Å². The first-order valence-electron chi connectivity index (χ1n) is 5.92. The number of nitrogens with one attached hydrogen (secondary N) is 1. The van der Waals surface area contributed by atoms with Gasteiger partial charge in [-0.2, -0.15) is 0 Å². The van der Waals surface area contributed by atoms with Gasteiger partial charge in [-0.1, -0.05) is 0 Å². The fraction of sp³-hybridized carbons (Fsp3) is 0.615. The molecule has 1 saturated heterocycles. The van der Waals surface area contributed by atoms with Crippen LogP contribution in [0.3, 0.4) is 0 Å². The Balaban J connectivity index is 1.82. The topological polar surface area (TPSA) is 34.2 Å². The highest BCUT2D eigenvalue weighted by molar-refractivity contribution is 5.09. The molecular formula is C13H20N2O. The predicted octanol–water partition coefficient (Wildman–Crippen LogP) is 2.13. The molecular weight excluding hydrogens is 200 g/mol. The Morgan fingerprint density at radius 1 is 1.44 bits per heavy atom. The summed E-state index contributed by atoms with van der Waals surface area (Å²) in [5.74, 6) is 0. The maximum atomic E-state index is 5.70. The summed E-state index contributed by atoms with van der Waals surface area (Å²) < 4.78 is 5.70. The monoisotopic (exact) mass is 220 g/mol. The first kappa shape index (κ1) is 11.6. The number of aromatic nitrogens is 1. The van der Waals surface area contributed by atoms with Crippen LogP contribution in [0.1, 0.15) is 32.3 Å². The van der Waals surface area contributed by atoms with Crippen LogP contribution in [0.4, 0.5) is 0 Å². The Hall–Kier alpha value is -0.930. The van der Waals surface area contributed by atoms with Crippen LogP contribution in [-0.2, 0) is 11.3 Å². The molecule has 1 atom stereocenters. The lowest BCUT2D eigenvalue weighted by atomic mass is 9.94. The molecule has 1 unspecified atom stereocenters. The minimum Gasteiger partial charge on any atom is -0.375 e. The van der Waals surface area contributed by atoms with Crippen LogP contribution in [0.15, 0.2) is 24.5 Å². The average molecular weight is 220 g/mol. The molecule has 1 aromatic heterocycles. The van der Waals surface area contributed by atoms with Gasteiger partial charge in [-0.25, -0.2) is 0 Å². The lowest BCUT2D eigenvalue weighted by Crippen LogP contribution is -2.43. The van der Waals surface area contributed by atoms with E-state index in [1.165, 1.54) is 5.56 Å². The third kappa shape index (κ3) is 3.29. The normalized spacial score (nSPS) is 24.2. The van der Waals surface area contributed by atoms with Crippen molar-refractivity contribution in [3.05, 3.63) is 30.1 Å². The number of nitrogens with zero attached hydrogens (tertiary/aromatic N) is 1. The highest BCUT2D eigenvalue weighted by Crippen LogP contribution is 2.23. The molecule has 88 valence electrons. The second-order valence-electron chi connectivity index (χ2n) is 5.03. The maximum absolute atomic E-state index is 5.70. The van der Waals surface area contributed by atoms with E-state index in [1.54, 1.807) is 0 Å². The van der Waals surface area contributed by atoms with Gasteiger partial charge in [0.2, 0.25) is 0 Å². The van der Waals surface area contributed by atoms with Gasteiger partial charge in [0.05, 0.1) is 5.60 Å². The van der Waals surface area contributed by atoms with E-state index >= 15 is 0 Å². The molecule has 0 radical (unpaired) electrons. The minimum atomic E-state index is 0.0220. The maximum Gasteiger partial charge on any atom is 0.0641 e. The summed E-state index contributed by atoms with van der Waals surface area (Å²) in [6, 6.07) is 4.67. The zero-order valence-corrected chi connectivity index (χ0v) is 10.1. The molecule has 0 aliphatic carbocycles. The molecule has 0 bridgehead atoms. The predicted molar refractivity (Wildman–Crippen MR) is 64.1 cm³/mol. The van der Waals surface area contributed by atoms with Crippen molar-refractivity contribution in [2.24, 2.45) is 0 Å². The lowest BCUT2D eigenvalue weighted by molar-refractivity contribution is -0.0630. The number of hydrogen-bond acceptors (Lipinski definition) is 3. The van der Waals surface area contributed by atoms with Crippen molar-refractivity contribution in [1.82, 2.24) is 10.3 Å². The molecule has 0 saturated carbocycles. The molecule has 1 aliphatic heterocycles. The third-order valence-electron chi connectivity index (χ3n) is 3.04. The van der Waals surface area contributed by atoms with Crippen molar-refractivity contribution in [1.29, 1.82) is 0 Å². The summed E-state index contributed by atoms with van der Waals surface area (Å²) >= 11 is 0. The quantitative estimate of drug-likeness (QED) is 0.847. The van der Waals surface area contributed by atoms with Gasteiger partial charge in [0.25, 0.3) is 0 Å². The van der Waals surface area contributed by atoms with E-state index in [0.29, 0.717) is 6.04 Å². The van der Waals surface area contributed by atoms with Gasteiger partial charge in [-0.15, -0.1) is 0 Å². The summed E-state index contributed by atoms with van der Waals surface area (Å²) in [5, 5.41) is 3.59. The van der Waals surface area contributed by atoms with Crippen molar-refractivity contribution in [3.63, 3.8) is 0 Å². The Kier molecular flexibility index (Phi) is 3.56. The summed E-state index contributed by atoms with van der Waals surface area (Å²) in [6.45, 7) is 6.10. The molecule has 3 nitrogen and oxygen atoms in total. The zero-order chi connectivity index (χ0) is 11.4. The fourth-order valence-corrected chi connectivity index (χ4v) is 2.17. The van der Waals surface area contributed by atoms with Crippen LogP contribution in [-0.4, -0.2) is 23.2 Å². The molecule has 1 aromatic rings. The molecule has 16 heavy (non-hydrogen) atoms. The average Bonchev–Trinajstić information content (AvgIpc) is 2.27. The third-order valence-corrected chi connectivity index (χ3v) is 3.04. The van der Waals surface area contributed by atoms with Crippen LogP contribution in [0.2, 0.25) is 0 Å². The Morgan fingerprint density at radius 2 is 2.19 bits per heavy atom. The fourth-order valence-electron chi connectivity index (χ4n) is 2.17. The van der Waals surface area contributed by atoms with Crippen molar-refractivity contribution >= 4 is 0 Å². The van der Waals surface area contributed by atoms with Crippen LogP contribution < -0.4 is 5.32 Å². The van der Waals surface area contributed by atoms with E-state index in [1.807, 2.05) is 12.4 Å². The highest BCUT2D eigenvalue weighted by atomic mass is 16.5. The van der Waals surface area contributed by atoms with Crippen LogP contribution >= 0.6 is 0 Å². The largest absolute Gasteiger partial charge is 0.375 e. The summed E-state index contributed by atoms with van der Waals surface area (Å²) in [7, 11) is 0. The van der Waals surface area contributed by atoms with Gasteiger partial charge in [0.15, 0.2) is 0 Å².